The number of pyridine rings is 2. The molecule has 5 rings (SSSR count). The van der Waals surface area contributed by atoms with Gasteiger partial charge in [0.2, 0.25) is 5.56 Å². The monoisotopic (exact) mass is 433 g/mol. The number of hydrogen-bond donors (Lipinski definition) is 3. The van der Waals surface area contributed by atoms with Crippen LogP contribution in [-0.2, 0) is 0 Å². The molecule has 1 saturated heterocycles. The van der Waals surface area contributed by atoms with Crippen molar-refractivity contribution in [1.29, 1.82) is 0 Å². The van der Waals surface area contributed by atoms with Gasteiger partial charge in [0.25, 0.3) is 0 Å². The third-order valence-corrected chi connectivity index (χ3v) is 5.65. The maximum Gasteiger partial charge on any atom is 0.248 e. The molecule has 0 amide bonds. The van der Waals surface area contributed by atoms with Gasteiger partial charge in [0, 0.05) is 42.6 Å². The first-order chi connectivity index (χ1) is 15.6. The molecule has 1 aromatic carbocycles. The minimum atomic E-state index is -0.262. The molecule has 0 radical (unpaired) electrons. The quantitative estimate of drug-likeness (QED) is 0.458. The van der Waals surface area contributed by atoms with Gasteiger partial charge in [0.05, 0.1) is 17.1 Å². The van der Waals surface area contributed by atoms with Gasteiger partial charge in [-0.25, -0.2) is 13.9 Å². The molecule has 8 nitrogen and oxygen atoms in total. The number of anilines is 3. The molecule has 0 unspecified atom stereocenters. The highest BCUT2D eigenvalue weighted by atomic mass is 19.1. The molecule has 0 bridgehead atoms. The molecule has 1 aliphatic heterocycles. The zero-order valence-corrected chi connectivity index (χ0v) is 17.7. The van der Waals surface area contributed by atoms with Crippen molar-refractivity contribution >= 4 is 22.7 Å². The largest absolute Gasteiger partial charge is 0.368 e. The maximum absolute atomic E-state index is 15.0. The molecule has 0 saturated carbocycles. The fourth-order valence-electron chi connectivity index (χ4n) is 4.15. The Bertz CT molecular complexity index is 1320. The van der Waals surface area contributed by atoms with Crippen molar-refractivity contribution in [3.63, 3.8) is 0 Å². The number of hydrogen-bond acceptors (Lipinski definition) is 6. The first kappa shape index (κ1) is 20.2. The standard InChI is InChI=1S/C23H24FN7O/c1-15-13-30(10-2-8-25-15)21-5-3-17(12-18(21)24)29-19-4-6-20(31-23(19)27-14-28-31)16-7-9-26-22(32)11-16/h3-7,9,11-12,14-15,25,29H,2,8,10,13H2,1H3,(H,26,32)/t15-/m1/s1. The van der Waals surface area contributed by atoms with Crippen LogP contribution in [0.25, 0.3) is 16.9 Å². The topological polar surface area (TPSA) is 90.3 Å². The number of rotatable bonds is 4. The van der Waals surface area contributed by atoms with Gasteiger partial charge in [0.1, 0.15) is 12.1 Å². The molecule has 164 valence electrons. The summed E-state index contributed by atoms with van der Waals surface area (Å²) in [7, 11) is 0. The molecule has 1 atom stereocenters. The van der Waals surface area contributed by atoms with Gasteiger partial charge in [0.15, 0.2) is 5.65 Å². The molecule has 4 heterocycles. The summed E-state index contributed by atoms with van der Waals surface area (Å²) in [5, 5.41) is 11.0. The Morgan fingerprint density at radius 3 is 2.94 bits per heavy atom. The second kappa shape index (κ2) is 8.43. The lowest BCUT2D eigenvalue weighted by Crippen LogP contribution is -2.35. The van der Waals surface area contributed by atoms with Crippen molar-refractivity contribution in [2.24, 2.45) is 0 Å². The van der Waals surface area contributed by atoms with Crippen molar-refractivity contribution in [1.82, 2.24) is 24.9 Å². The normalized spacial score (nSPS) is 16.8. The van der Waals surface area contributed by atoms with Gasteiger partial charge >= 0.3 is 0 Å². The van der Waals surface area contributed by atoms with Gasteiger partial charge in [-0.3, -0.25) is 4.79 Å². The zero-order chi connectivity index (χ0) is 22.1. The predicted molar refractivity (Wildman–Crippen MR) is 123 cm³/mol. The van der Waals surface area contributed by atoms with Crippen LogP contribution in [0.3, 0.4) is 0 Å². The second-order valence-corrected chi connectivity index (χ2v) is 8.02. The van der Waals surface area contributed by atoms with Crippen LogP contribution < -0.4 is 21.1 Å². The second-order valence-electron chi connectivity index (χ2n) is 8.02. The van der Waals surface area contributed by atoms with E-state index in [-0.39, 0.29) is 11.4 Å². The zero-order valence-electron chi connectivity index (χ0n) is 17.7. The van der Waals surface area contributed by atoms with E-state index < -0.39 is 0 Å². The molecule has 1 aliphatic rings. The van der Waals surface area contributed by atoms with Gasteiger partial charge in [-0.15, -0.1) is 0 Å². The predicted octanol–water partition coefficient (Wildman–Crippen LogP) is 3.16. The van der Waals surface area contributed by atoms with Crippen LogP contribution >= 0.6 is 0 Å². The summed E-state index contributed by atoms with van der Waals surface area (Å²) >= 11 is 0. The Balaban J connectivity index is 1.44. The average molecular weight is 433 g/mol. The molecule has 0 aliphatic carbocycles. The Hall–Kier alpha value is -3.72. The van der Waals surface area contributed by atoms with Gasteiger partial charge in [-0.1, -0.05) is 0 Å². The Kier molecular flexibility index (Phi) is 5.32. The van der Waals surface area contributed by atoms with E-state index in [1.54, 1.807) is 16.8 Å². The first-order valence-electron chi connectivity index (χ1n) is 10.7. The van der Waals surface area contributed by atoms with Crippen LogP contribution in [0.5, 0.6) is 0 Å². The molecule has 0 spiro atoms. The van der Waals surface area contributed by atoms with E-state index in [9.17, 15) is 4.79 Å². The van der Waals surface area contributed by atoms with Gasteiger partial charge < -0.3 is 20.5 Å². The van der Waals surface area contributed by atoms with Crippen LogP contribution in [-0.4, -0.2) is 45.3 Å². The van der Waals surface area contributed by atoms with Crippen molar-refractivity contribution < 1.29 is 4.39 Å². The fraction of sp³-hybridized carbons (Fsp3) is 0.261. The summed E-state index contributed by atoms with van der Waals surface area (Å²) in [6, 6.07) is 12.5. The highest BCUT2D eigenvalue weighted by Gasteiger charge is 2.18. The van der Waals surface area contributed by atoms with Crippen LogP contribution in [0.4, 0.5) is 21.5 Å². The molecule has 1 fully saturated rings. The number of aromatic amines is 1. The van der Waals surface area contributed by atoms with E-state index in [2.05, 4.69) is 37.5 Å². The SMILES string of the molecule is C[C@@H]1CN(c2ccc(Nc3ccc(-c4cc[nH]c(=O)c4)n4ncnc34)cc2F)CCCN1. The van der Waals surface area contributed by atoms with Gasteiger partial charge in [-0.2, -0.15) is 5.10 Å². The van der Waals surface area contributed by atoms with Crippen LogP contribution in [0.15, 0.2) is 59.8 Å². The summed E-state index contributed by atoms with van der Waals surface area (Å²) in [6.07, 6.45) is 4.03. The summed E-state index contributed by atoms with van der Waals surface area (Å²) in [5.74, 6) is -0.262. The molecular weight excluding hydrogens is 409 g/mol. The lowest BCUT2D eigenvalue weighted by atomic mass is 10.1. The van der Waals surface area contributed by atoms with E-state index in [4.69, 9.17) is 0 Å². The molecular formula is C23H24FN7O. The van der Waals surface area contributed by atoms with Gasteiger partial charge in [-0.05, 0) is 56.3 Å². The third-order valence-electron chi connectivity index (χ3n) is 5.65. The van der Waals surface area contributed by atoms with Crippen LogP contribution in [0, 0.1) is 5.82 Å². The average Bonchev–Trinajstić information content (AvgIpc) is 3.17. The van der Waals surface area contributed by atoms with E-state index in [0.29, 0.717) is 28.8 Å². The summed E-state index contributed by atoms with van der Waals surface area (Å²) < 4.78 is 16.7. The lowest BCUT2D eigenvalue weighted by Gasteiger charge is -2.25. The molecule has 9 heteroatoms. The molecule has 3 N–H and O–H groups in total. The summed E-state index contributed by atoms with van der Waals surface area (Å²) in [5.41, 5.74) is 3.79. The molecule has 32 heavy (non-hydrogen) atoms. The maximum atomic E-state index is 15.0. The minimum Gasteiger partial charge on any atom is -0.368 e. The van der Waals surface area contributed by atoms with Crippen molar-refractivity contribution in [3.05, 3.63) is 71.2 Å². The number of aromatic nitrogens is 4. The Morgan fingerprint density at radius 1 is 1.19 bits per heavy atom. The number of nitrogens with one attached hydrogen (secondary N) is 3. The van der Waals surface area contributed by atoms with E-state index in [0.717, 1.165) is 37.3 Å². The first-order valence-corrected chi connectivity index (χ1v) is 10.7. The Morgan fingerprint density at radius 2 is 2.09 bits per heavy atom. The fourth-order valence-corrected chi connectivity index (χ4v) is 4.15. The highest BCUT2D eigenvalue weighted by Crippen LogP contribution is 2.29. The van der Waals surface area contributed by atoms with Crippen molar-refractivity contribution in [3.8, 4) is 11.3 Å². The number of halogens is 1. The number of H-pyrrole nitrogens is 1. The van der Waals surface area contributed by atoms with E-state index in [1.807, 2.05) is 24.3 Å². The Labute approximate surface area is 184 Å². The lowest BCUT2D eigenvalue weighted by molar-refractivity contribution is 0.578. The summed E-state index contributed by atoms with van der Waals surface area (Å²) in [4.78, 5) is 20.8. The van der Waals surface area contributed by atoms with Crippen LogP contribution in [0.1, 0.15) is 13.3 Å². The van der Waals surface area contributed by atoms with E-state index in [1.165, 1.54) is 18.5 Å². The smallest absolute Gasteiger partial charge is 0.248 e. The van der Waals surface area contributed by atoms with E-state index >= 15 is 4.39 Å². The van der Waals surface area contributed by atoms with Crippen LogP contribution in [0.2, 0.25) is 0 Å². The van der Waals surface area contributed by atoms with Crippen molar-refractivity contribution in [2.45, 2.75) is 19.4 Å². The molecule has 4 aromatic rings. The number of nitrogens with zero attached hydrogens (tertiary/aromatic N) is 4. The third kappa shape index (κ3) is 3.94. The minimum absolute atomic E-state index is 0.192. The highest BCUT2D eigenvalue weighted by molar-refractivity contribution is 5.77. The number of benzene rings is 1. The van der Waals surface area contributed by atoms with Crippen molar-refractivity contribution in [2.75, 3.05) is 29.9 Å². The molecule has 3 aromatic heterocycles. The summed E-state index contributed by atoms with van der Waals surface area (Å²) in [6.45, 7) is 4.66. The number of fused-ring (bicyclic) bond motifs is 1.